The van der Waals surface area contributed by atoms with E-state index in [9.17, 15) is 13.2 Å². The van der Waals surface area contributed by atoms with E-state index >= 15 is 0 Å². The summed E-state index contributed by atoms with van der Waals surface area (Å²) in [7, 11) is 0. The second-order valence-corrected chi connectivity index (χ2v) is 2.79. The van der Waals surface area contributed by atoms with Gasteiger partial charge in [0.05, 0.1) is 11.7 Å². The Labute approximate surface area is 89.4 Å². The molecule has 0 fully saturated rings. The van der Waals surface area contributed by atoms with E-state index in [2.05, 4.69) is 27.1 Å². The smallest absolute Gasteiger partial charge is 0.406 e. The molecule has 80 valence electrons. The molecule has 0 aliphatic carbocycles. The number of nitrogens with zero attached hydrogens (tertiary/aromatic N) is 1. The van der Waals surface area contributed by atoms with Crippen molar-refractivity contribution in [1.82, 2.24) is 0 Å². The number of hydrogen-bond acceptors (Lipinski definition) is 3. The number of benzene rings is 1. The van der Waals surface area contributed by atoms with Crippen LogP contribution >= 0.6 is 12.2 Å². The fraction of sp³-hybridized carbons (Fsp3) is 0.222. The SMILES string of the molecule is FC(F)(F)Oc1cccc(CN=C=S)c1. The molecule has 0 N–H and O–H groups in total. The van der Waals surface area contributed by atoms with Crippen LogP contribution in [0.2, 0.25) is 0 Å². The number of ether oxygens (including phenoxy) is 1. The normalized spacial score (nSPS) is 10.6. The Morgan fingerprint density at radius 2 is 2.13 bits per heavy atom. The van der Waals surface area contributed by atoms with Crippen molar-refractivity contribution in [1.29, 1.82) is 0 Å². The van der Waals surface area contributed by atoms with Crippen molar-refractivity contribution in [2.75, 3.05) is 0 Å². The van der Waals surface area contributed by atoms with Gasteiger partial charge in [0.25, 0.3) is 0 Å². The third kappa shape index (κ3) is 4.58. The Balaban J connectivity index is 2.78. The first kappa shape index (κ1) is 11.7. The Kier molecular flexibility index (Phi) is 3.82. The first-order valence-corrected chi connectivity index (χ1v) is 4.30. The Morgan fingerprint density at radius 1 is 1.40 bits per heavy atom. The lowest BCUT2D eigenvalue weighted by Crippen LogP contribution is -2.17. The van der Waals surface area contributed by atoms with Crippen molar-refractivity contribution in [3.05, 3.63) is 29.8 Å². The molecule has 0 bridgehead atoms. The third-order valence-electron chi connectivity index (χ3n) is 1.46. The summed E-state index contributed by atoms with van der Waals surface area (Å²) in [6.07, 6.45) is -4.67. The number of thiocarbonyl (C=S) groups is 1. The molecule has 0 saturated carbocycles. The maximum atomic E-state index is 11.9. The predicted molar refractivity (Wildman–Crippen MR) is 51.9 cm³/mol. The van der Waals surface area contributed by atoms with Crippen LogP contribution in [0.5, 0.6) is 5.75 Å². The Hall–Kier alpha value is -1.39. The standard InChI is InChI=1S/C9H6F3NOS/c10-9(11,12)14-8-3-1-2-7(4-8)5-13-6-15/h1-4H,5H2. The average molecular weight is 233 g/mol. The van der Waals surface area contributed by atoms with Crippen LogP contribution in [-0.2, 0) is 6.54 Å². The molecule has 0 atom stereocenters. The van der Waals surface area contributed by atoms with E-state index < -0.39 is 6.36 Å². The lowest BCUT2D eigenvalue weighted by molar-refractivity contribution is -0.274. The number of hydrogen-bond donors (Lipinski definition) is 0. The maximum absolute atomic E-state index is 11.9. The molecule has 0 aromatic heterocycles. The molecule has 6 heteroatoms. The van der Waals surface area contributed by atoms with Crippen LogP contribution in [0.4, 0.5) is 13.2 Å². The van der Waals surface area contributed by atoms with E-state index in [0.717, 1.165) is 0 Å². The van der Waals surface area contributed by atoms with Crippen molar-refractivity contribution in [2.24, 2.45) is 4.99 Å². The van der Waals surface area contributed by atoms with Crippen LogP contribution in [-0.4, -0.2) is 11.5 Å². The maximum Gasteiger partial charge on any atom is 0.573 e. The number of rotatable bonds is 3. The van der Waals surface area contributed by atoms with Gasteiger partial charge in [-0.2, -0.15) is 0 Å². The van der Waals surface area contributed by atoms with Crippen LogP contribution in [0.3, 0.4) is 0 Å². The zero-order chi connectivity index (χ0) is 11.3. The minimum atomic E-state index is -4.67. The second-order valence-electron chi connectivity index (χ2n) is 2.60. The highest BCUT2D eigenvalue weighted by Crippen LogP contribution is 2.23. The first-order valence-electron chi connectivity index (χ1n) is 3.89. The molecule has 0 radical (unpaired) electrons. The largest absolute Gasteiger partial charge is 0.573 e. The van der Waals surface area contributed by atoms with Crippen LogP contribution in [0.15, 0.2) is 29.3 Å². The van der Waals surface area contributed by atoms with Crippen molar-refractivity contribution in [3.8, 4) is 5.75 Å². The summed E-state index contributed by atoms with van der Waals surface area (Å²) in [5.41, 5.74) is 0.578. The Morgan fingerprint density at radius 3 is 2.73 bits per heavy atom. The molecule has 1 aromatic carbocycles. The highest BCUT2D eigenvalue weighted by Gasteiger charge is 2.30. The molecule has 0 aliphatic rings. The molecule has 0 amide bonds. The summed E-state index contributed by atoms with van der Waals surface area (Å²) in [4.78, 5) is 3.61. The highest BCUT2D eigenvalue weighted by atomic mass is 32.1. The number of halogens is 3. The van der Waals surface area contributed by atoms with Gasteiger partial charge in [-0.3, -0.25) is 0 Å². The van der Waals surface area contributed by atoms with Gasteiger partial charge in [-0.15, -0.1) is 13.2 Å². The van der Waals surface area contributed by atoms with E-state index in [-0.39, 0.29) is 12.3 Å². The molecular formula is C9H6F3NOS. The molecule has 0 spiro atoms. The molecule has 1 aromatic rings. The second kappa shape index (κ2) is 4.91. The first-order chi connectivity index (χ1) is 7.01. The van der Waals surface area contributed by atoms with Crippen molar-refractivity contribution in [2.45, 2.75) is 12.9 Å². The van der Waals surface area contributed by atoms with Crippen LogP contribution in [0, 0.1) is 0 Å². The summed E-state index contributed by atoms with van der Waals surface area (Å²) in [5, 5.41) is 2.13. The Bertz CT molecular complexity index is 385. The number of isothiocyanates is 1. The van der Waals surface area contributed by atoms with E-state index in [0.29, 0.717) is 5.56 Å². The van der Waals surface area contributed by atoms with Gasteiger partial charge >= 0.3 is 6.36 Å². The van der Waals surface area contributed by atoms with Crippen molar-refractivity contribution in [3.63, 3.8) is 0 Å². The number of aliphatic imine (C=N–C) groups is 1. The number of alkyl halides is 3. The van der Waals surface area contributed by atoms with Crippen LogP contribution < -0.4 is 4.74 Å². The summed E-state index contributed by atoms with van der Waals surface area (Å²) in [5.74, 6) is -0.264. The third-order valence-corrected chi connectivity index (χ3v) is 1.59. The molecule has 2 nitrogen and oxygen atoms in total. The molecule has 1 rings (SSSR count). The zero-order valence-electron chi connectivity index (χ0n) is 7.41. The molecular weight excluding hydrogens is 227 g/mol. The van der Waals surface area contributed by atoms with Gasteiger partial charge in [-0.25, -0.2) is 4.99 Å². The van der Waals surface area contributed by atoms with Gasteiger partial charge in [0.2, 0.25) is 0 Å². The van der Waals surface area contributed by atoms with E-state index in [1.807, 2.05) is 0 Å². The topological polar surface area (TPSA) is 21.6 Å². The van der Waals surface area contributed by atoms with E-state index in [1.54, 1.807) is 6.07 Å². The fourth-order valence-electron chi connectivity index (χ4n) is 0.965. The molecule has 15 heavy (non-hydrogen) atoms. The van der Waals surface area contributed by atoms with Gasteiger partial charge in [-0.05, 0) is 29.9 Å². The van der Waals surface area contributed by atoms with Gasteiger partial charge in [-0.1, -0.05) is 12.1 Å². The van der Waals surface area contributed by atoms with Gasteiger partial charge in [0.15, 0.2) is 0 Å². The minimum absolute atomic E-state index is 0.193. The minimum Gasteiger partial charge on any atom is -0.406 e. The monoisotopic (exact) mass is 233 g/mol. The molecule has 0 unspecified atom stereocenters. The summed E-state index contributed by atoms with van der Waals surface area (Å²) >= 11 is 4.34. The van der Waals surface area contributed by atoms with Gasteiger partial charge < -0.3 is 4.74 Å². The van der Waals surface area contributed by atoms with Crippen molar-refractivity contribution < 1.29 is 17.9 Å². The molecule has 0 heterocycles. The van der Waals surface area contributed by atoms with Crippen LogP contribution in [0.1, 0.15) is 5.56 Å². The predicted octanol–water partition coefficient (Wildman–Crippen LogP) is 3.19. The van der Waals surface area contributed by atoms with Gasteiger partial charge in [0, 0.05) is 0 Å². The fourth-order valence-corrected chi connectivity index (χ4v) is 1.03. The summed E-state index contributed by atoms with van der Waals surface area (Å²) in [6, 6.07) is 5.55. The highest BCUT2D eigenvalue weighted by molar-refractivity contribution is 7.78. The lowest BCUT2D eigenvalue weighted by Gasteiger charge is -2.08. The average Bonchev–Trinajstić information content (AvgIpc) is 2.12. The van der Waals surface area contributed by atoms with Gasteiger partial charge in [0.1, 0.15) is 5.75 Å². The van der Waals surface area contributed by atoms with E-state index in [4.69, 9.17) is 0 Å². The summed E-state index contributed by atoms with van der Waals surface area (Å²) < 4.78 is 39.3. The quantitative estimate of drug-likeness (QED) is 0.590. The summed E-state index contributed by atoms with van der Waals surface area (Å²) in [6.45, 7) is 0.193. The van der Waals surface area contributed by atoms with E-state index in [1.165, 1.54) is 18.2 Å². The molecule has 0 saturated heterocycles. The molecule has 0 aliphatic heterocycles. The van der Waals surface area contributed by atoms with Crippen LogP contribution in [0.25, 0.3) is 0 Å². The lowest BCUT2D eigenvalue weighted by atomic mass is 10.2. The van der Waals surface area contributed by atoms with Crippen molar-refractivity contribution >= 4 is 17.4 Å². The zero-order valence-corrected chi connectivity index (χ0v) is 8.23.